The Morgan fingerprint density at radius 2 is 1.74 bits per heavy atom. The SMILES string of the molecule is CCCCN1C(=O)/C(=C2/Sc3ccccc3N2CC)SC1=Nc1ccc2c(c1)Cc1cc([N+](=O)[O-])ccc1-2. The van der Waals surface area contributed by atoms with Crippen LogP contribution < -0.4 is 4.90 Å². The number of rotatable bonds is 6. The maximum absolute atomic E-state index is 13.7. The molecule has 0 unspecified atom stereocenters. The number of thioether (sulfide) groups is 2. The molecule has 0 N–H and O–H groups in total. The third kappa shape index (κ3) is 4.19. The Bertz CT molecular complexity index is 1550. The van der Waals surface area contributed by atoms with E-state index in [2.05, 4.69) is 30.9 Å². The Morgan fingerprint density at radius 3 is 2.50 bits per heavy atom. The van der Waals surface area contributed by atoms with Crippen LogP contribution in [0.25, 0.3) is 11.1 Å². The Balaban J connectivity index is 1.34. The highest BCUT2D eigenvalue weighted by Crippen LogP contribution is 2.50. The number of non-ortho nitro benzene ring substituents is 1. The van der Waals surface area contributed by atoms with Crippen LogP contribution in [0.3, 0.4) is 0 Å². The van der Waals surface area contributed by atoms with Crippen molar-refractivity contribution in [2.75, 3.05) is 18.0 Å². The molecule has 2 aliphatic heterocycles. The number of nitro groups is 1. The fourth-order valence-corrected chi connectivity index (χ4v) is 7.54. The standard InChI is InChI=1S/C29H26N4O3S2/c1-3-5-14-32-27(34)26(28-31(4-2)24-8-6-7-9-25(24)37-28)38-29(32)30-20-10-12-22-18(16-20)15-19-17-21(33(35)36)11-13-23(19)22/h6-13,16-17H,3-5,14-15H2,1-2H3/b28-26-,30-29?. The molecular formula is C29H26N4O3S2. The van der Waals surface area contributed by atoms with Crippen molar-refractivity contribution in [2.45, 2.75) is 38.0 Å². The summed E-state index contributed by atoms with van der Waals surface area (Å²) in [7, 11) is 0. The van der Waals surface area contributed by atoms with Crippen LogP contribution in [0.4, 0.5) is 17.1 Å². The van der Waals surface area contributed by atoms with E-state index in [1.165, 1.54) is 11.8 Å². The number of nitro benzene ring substituents is 1. The lowest BCUT2D eigenvalue weighted by atomic mass is 10.1. The molecular weight excluding hydrogens is 516 g/mol. The van der Waals surface area contributed by atoms with E-state index in [1.807, 2.05) is 41.3 Å². The van der Waals surface area contributed by atoms with E-state index < -0.39 is 0 Å². The Hall–Kier alpha value is -3.56. The third-order valence-electron chi connectivity index (χ3n) is 7.00. The predicted octanol–water partition coefficient (Wildman–Crippen LogP) is 7.33. The third-order valence-corrected chi connectivity index (χ3v) is 9.38. The summed E-state index contributed by atoms with van der Waals surface area (Å²) in [6.07, 6.45) is 2.52. The van der Waals surface area contributed by atoms with Crippen LogP contribution in [-0.2, 0) is 11.2 Å². The molecule has 1 aliphatic carbocycles. The maximum atomic E-state index is 13.7. The van der Waals surface area contributed by atoms with E-state index in [9.17, 15) is 14.9 Å². The lowest BCUT2D eigenvalue weighted by Gasteiger charge is -2.19. The van der Waals surface area contributed by atoms with Crippen molar-refractivity contribution >= 4 is 51.7 Å². The molecule has 0 radical (unpaired) electrons. The van der Waals surface area contributed by atoms with Crippen molar-refractivity contribution in [1.29, 1.82) is 0 Å². The van der Waals surface area contributed by atoms with Gasteiger partial charge in [0.1, 0.15) is 9.93 Å². The molecule has 192 valence electrons. The number of unbranched alkanes of at least 4 members (excludes halogenated alkanes) is 1. The van der Waals surface area contributed by atoms with E-state index in [1.54, 1.807) is 23.9 Å². The second kappa shape index (κ2) is 9.96. The molecule has 6 rings (SSSR count). The molecule has 1 saturated heterocycles. The van der Waals surface area contributed by atoms with Gasteiger partial charge in [-0.1, -0.05) is 43.3 Å². The first-order chi connectivity index (χ1) is 18.5. The van der Waals surface area contributed by atoms with Gasteiger partial charge >= 0.3 is 0 Å². The van der Waals surface area contributed by atoms with Crippen molar-refractivity contribution in [3.8, 4) is 11.1 Å². The van der Waals surface area contributed by atoms with E-state index in [0.29, 0.717) is 18.1 Å². The molecule has 9 heteroatoms. The second-order valence-corrected chi connectivity index (χ2v) is 11.4. The Labute approximate surface area is 229 Å². The van der Waals surface area contributed by atoms with Crippen LogP contribution in [0.5, 0.6) is 0 Å². The van der Waals surface area contributed by atoms with E-state index >= 15 is 0 Å². The number of nitrogens with zero attached hydrogens (tertiary/aromatic N) is 4. The summed E-state index contributed by atoms with van der Waals surface area (Å²) in [6.45, 7) is 5.63. The number of hydrogen-bond acceptors (Lipinski definition) is 7. The monoisotopic (exact) mass is 542 g/mol. The van der Waals surface area contributed by atoms with Gasteiger partial charge in [0.05, 0.1) is 16.3 Å². The lowest BCUT2D eigenvalue weighted by Crippen LogP contribution is -2.30. The molecule has 1 amide bonds. The van der Waals surface area contributed by atoms with Gasteiger partial charge in [-0.05, 0) is 84.1 Å². The molecule has 0 atom stereocenters. The fourth-order valence-electron chi connectivity index (χ4n) is 5.13. The average Bonchev–Trinajstić information content (AvgIpc) is 3.57. The molecule has 2 heterocycles. The summed E-state index contributed by atoms with van der Waals surface area (Å²) in [6, 6.07) is 19.4. The van der Waals surface area contributed by atoms with E-state index in [-0.39, 0.29) is 16.5 Å². The summed E-state index contributed by atoms with van der Waals surface area (Å²) in [4.78, 5) is 35.5. The first-order valence-electron chi connectivity index (χ1n) is 12.8. The summed E-state index contributed by atoms with van der Waals surface area (Å²) >= 11 is 3.10. The molecule has 0 aromatic heterocycles. The molecule has 0 saturated carbocycles. The molecule has 3 aliphatic rings. The summed E-state index contributed by atoms with van der Waals surface area (Å²) < 4.78 is 0. The molecule has 1 fully saturated rings. The van der Waals surface area contributed by atoms with Gasteiger partial charge < -0.3 is 4.90 Å². The highest BCUT2D eigenvalue weighted by molar-refractivity contribution is 8.19. The van der Waals surface area contributed by atoms with Crippen molar-refractivity contribution in [1.82, 2.24) is 4.90 Å². The Morgan fingerprint density at radius 1 is 0.974 bits per heavy atom. The van der Waals surface area contributed by atoms with Crippen LogP contribution in [0.15, 0.2) is 80.5 Å². The van der Waals surface area contributed by atoms with Crippen molar-refractivity contribution in [2.24, 2.45) is 4.99 Å². The summed E-state index contributed by atoms with van der Waals surface area (Å²) in [5.41, 5.74) is 6.19. The molecule has 3 aromatic carbocycles. The molecule has 0 bridgehead atoms. The maximum Gasteiger partial charge on any atom is 0.269 e. The zero-order valence-corrected chi connectivity index (χ0v) is 22.8. The van der Waals surface area contributed by atoms with E-state index in [0.717, 1.165) is 67.8 Å². The van der Waals surface area contributed by atoms with Crippen LogP contribution in [0.1, 0.15) is 37.8 Å². The van der Waals surface area contributed by atoms with Gasteiger partial charge in [0.2, 0.25) is 0 Å². The quantitative estimate of drug-likeness (QED) is 0.144. The topological polar surface area (TPSA) is 79.0 Å². The number of amidine groups is 1. The number of fused-ring (bicyclic) bond motifs is 4. The summed E-state index contributed by atoms with van der Waals surface area (Å²) in [5, 5.41) is 12.9. The van der Waals surface area contributed by atoms with Gasteiger partial charge in [-0.25, -0.2) is 4.99 Å². The highest BCUT2D eigenvalue weighted by Gasteiger charge is 2.39. The second-order valence-electron chi connectivity index (χ2n) is 9.37. The predicted molar refractivity (Wildman–Crippen MR) is 155 cm³/mol. The van der Waals surface area contributed by atoms with Gasteiger partial charge in [0, 0.05) is 30.1 Å². The molecule has 0 spiro atoms. The molecule has 38 heavy (non-hydrogen) atoms. The normalized spacial score (nSPS) is 18.8. The first kappa shape index (κ1) is 24.8. The van der Waals surface area contributed by atoms with Crippen molar-refractivity contribution in [3.63, 3.8) is 0 Å². The van der Waals surface area contributed by atoms with Crippen LogP contribution >= 0.6 is 23.5 Å². The fraction of sp³-hybridized carbons (Fsp3) is 0.241. The van der Waals surface area contributed by atoms with Crippen LogP contribution in [0.2, 0.25) is 0 Å². The summed E-state index contributed by atoms with van der Waals surface area (Å²) in [5.74, 6) is 0.0110. The smallest absolute Gasteiger partial charge is 0.269 e. The van der Waals surface area contributed by atoms with Crippen molar-refractivity contribution in [3.05, 3.63) is 91.8 Å². The number of carbonyl (C=O) groups is 1. The molecule has 7 nitrogen and oxygen atoms in total. The minimum Gasteiger partial charge on any atom is -0.334 e. The van der Waals surface area contributed by atoms with Gasteiger partial charge in [-0.2, -0.15) is 0 Å². The van der Waals surface area contributed by atoms with Gasteiger partial charge in [-0.3, -0.25) is 19.8 Å². The number of anilines is 1. The Kier molecular flexibility index (Phi) is 6.49. The minimum atomic E-state index is -0.354. The van der Waals surface area contributed by atoms with Crippen LogP contribution in [0, 0.1) is 10.1 Å². The van der Waals surface area contributed by atoms with Crippen molar-refractivity contribution < 1.29 is 9.72 Å². The van der Waals surface area contributed by atoms with Gasteiger partial charge in [0.25, 0.3) is 11.6 Å². The number of carbonyl (C=O) groups excluding carboxylic acids is 1. The number of benzene rings is 3. The molecule has 3 aromatic rings. The van der Waals surface area contributed by atoms with E-state index in [4.69, 9.17) is 4.99 Å². The number of amides is 1. The zero-order chi connectivity index (χ0) is 26.4. The minimum absolute atomic E-state index is 0.0110. The first-order valence-corrected chi connectivity index (χ1v) is 14.4. The van der Waals surface area contributed by atoms with Crippen LogP contribution in [-0.4, -0.2) is 34.0 Å². The lowest BCUT2D eigenvalue weighted by molar-refractivity contribution is -0.384. The van der Waals surface area contributed by atoms with Gasteiger partial charge in [0.15, 0.2) is 5.17 Å². The number of aliphatic imine (C=N–C) groups is 1. The van der Waals surface area contributed by atoms with Gasteiger partial charge in [-0.15, -0.1) is 0 Å². The highest BCUT2D eigenvalue weighted by atomic mass is 32.2. The largest absolute Gasteiger partial charge is 0.334 e. The zero-order valence-electron chi connectivity index (χ0n) is 21.1. The number of hydrogen-bond donors (Lipinski definition) is 0. The average molecular weight is 543 g/mol. The number of para-hydroxylation sites is 1.